The molecule has 1 unspecified atom stereocenters. The van der Waals surface area contributed by atoms with E-state index < -0.39 is 41.2 Å². The maximum Gasteiger partial charge on any atom is 0.387 e. The van der Waals surface area contributed by atoms with E-state index in [0.29, 0.717) is 0 Å². The van der Waals surface area contributed by atoms with Crippen molar-refractivity contribution in [3.63, 3.8) is 0 Å². The summed E-state index contributed by atoms with van der Waals surface area (Å²) in [5.41, 5.74) is -1.22. The first-order valence-corrected chi connectivity index (χ1v) is 10.6. The van der Waals surface area contributed by atoms with Crippen molar-refractivity contribution in [3.8, 4) is 5.75 Å². The predicted octanol–water partition coefficient (Wildman–Crippen LogP) is 4.31. The summed E-state index contributed by atoms with van der Waals surface area (Å²) in [4.78, 5) is 27.4. The van der Waals surface area contributed by atoms with E-state index in [2.05, 4.69) is 25.1 Å². The highest BCUT2D eigenvalue weighted by Crippen LogP contribution is 2.28. The minimum absolute atomic E-state index is 0.0408. The average Bonchev–Trinajstić information content (AvgIpc) is 2.78. The Hall–Kier alpha value is -3.84. The number of nitrogens with one attached hydrogen (secondary N) is 3. The summed E-state index contributed by atoms with van der Waals surface area (Å²) in [6, 6.07) is 9.22. The number of anilines is 3. The molecule has 1 aromatic heterocycles. The number of carbonyl (C=O) groups excluding carboxylic acids is 2. The minimum Gasteiger partial charge on any atom is -0.588 e. The van der Waals surface area contributed by atoms with Crippen LogP contribution in [-0.2, 0) is 16.2 Å². The molecule has 0 fully saturated rings. The van der Waals surface area contributed by atoms with Gasteiger partial charge in [-0.25, -0.2) is 18.5 Å². The second-order valence-corrected chi connectivity index (χ2v) is 7.79. The zero-order valence-electron chi connectivity index (χ0n) is 17.3. The minimum atomic E-state index is -3.03. The number of amides is 2. The summed E-state index contributed by atoms with van der Waals surface area (Å²) in [5.74, 6) is -3.53. The second-order valence-electron chi connectivity index (χ2n) is 6.57. The molecular formula is C21H16F4N4O4S. The zero-order valence-corrected chi connectivity index (χ0v) is 18.1. The maximum absolute atomic E-state index is 14.9. The number of hydrogen-bond acceptors (Lipinski definition) is 6. The molecule has 8 nitrogen and oxygen atoms in total. The molecule has 0 spiro atoms. The van der Waals surface area contributed by atoms with Crippen molar-refractivity contribution in [2.24, 2.45) is 0 Å². The average molecular weight is 496 g/mol. The number of alkyl halides is 2. The highest BCUT2D eigenvalue weighted by molar-refractivity contribution is 7.92. The van der Waals surface area contributed by atoms with Crippen LogP contribution in [0.5, 0.6) is 5.75 Å². The maximum atomic E-state index is 14.9. The van der Waals surface area contributed by atoms with Crippen molar-refractivity contribution in [1.82, 2.24) is 4.98 Å². The number of aromatic nitrogens is 1. The molecule has 34 heavy (non-hydrogen) atoms. The van der Waals surface area contributed by atoms with Crippen molar-refractivity contribution in [3.05, 3.63) is 71.9 Å². The van der Waals surface area contributed by atoms with Gasteiger partial charge in [0.15, 0.2) is 10.7 Å². The monoisotopic (exact) mass is 496 g/mol. The number of carbonyl (C=O) groups is 2. The van der Waals surface area contributed by atoms with E-state index >= 15 is 0 Å². The van der Waals surface area contributed by atoms with Gasteiger partial charge in [-0.3, -0.25) is 9.59 Å². The fourth-order valence-electron chi connectivity index (χ4n) is 2.62. The lowest BCUT2D eigenvalue weighted by Gasteiger charge is -2.15. The quantitative estimate of drug-likeness (QED) is 0.316. The molecule has 0 saturated heterocycles. The Morgan fingerprint density at radius 2 is 1.74 bits per heavy atom. The van der Waals surface area contributed by atoms with Gasteiger partial charge >= 0.3 is 6.61 Å². The van der Waals surface area contributed by atoms with Gasteiger partial charge in [0.05, 0.1) is 5.56 Å². The smallest absolute Gasteiger partial charge is 0.387 e. The molecule has 3 aromatic rings. The van der Waals surface area contributed by atoms with Crippen LogP contribution < -0.4 is 20.1 Å². The lowest BCUT2D eigenvalue weighted by atomic mass is 10.2. The molecule has 0 aliphatic carbocycles. The van der Waals surface area contributed by atoms with Crippen LogP contribution in [0, 0.1) is 11.6 Å². The number of rotatable bonds is 8. The fourth-order valence-corrected chi connectivity index (χ4v) is 3.48. The third-order valence-corrected chi connectivity index (χ3v) is 5.23. The first-order chi connectivity index (χ1) is 16.1. The van der Waals surface area contributed by atoms with E-state index in [1.54, 1.807) is 0 Å². The summed E-state index contributed by atoms with van der Waals surface area (Å²) in [5, 5.41) is 4.50. The Labute approximate surface area is 193 Å². The second kappa shape index (κ2) is 10.9. The van der Waals surface area contributed by atoms with Gasteiger partial charge in [-0.15, -0.1) is 0 Å². The Morgan fingerprint density at radius 3 is 2.32 bits per heavy atom. The number of pyridine rings is 1. The van der Waals surface area contributed by atoms with E-state index in [1.807, 2.05) is 0 Å². The third-order valence-electron chi connectivity index (χ3n) is 4.13. The molecular weight excluding hydrogens is 480 g/mol. The highest BCUT2D eigenvalue weighted by atomic mass is 32.2. The SMILES string of the molecule is CC(=O)Nc1ccc(C(=O)Nc2c(F)ccc(N[S+]([O-])c3ccc(OC(F)F)cc3)c2F)cn1. The first kappa shape index (κ1) is 24.8. The van der Waals surface area contributed by atoms with Gasteiger partial charge in [0, 0.05) is 13.1 Å². The van der Waals surface area contributed by atoms with Gasteiger partial charge in [0.1, 0.15) is 40.1 Å². The largest absolute Gasteiger partial charge is 0.588 e. The summed E-state index contributed by atoms with van der Waals surface area (Å²) < 4.78 is 72.6. The molecule has 1 heterocycles. The normalized spacial score (nSPS) is 11.6. The van der Waals surface area contributed by atoms with Crippen LogP contribution in [-0.4, -0.2) is 28.0 Å². The Kier molecular flexibility index (Phi) is 7.91. The standard InChI is InChI=1S/C21H16F4N4O4S/c1-11(30)27-17-9-2-12(10-26-17)20(31)28-19-15(22)7-8-16(18(19)23)29-34(32)14-5-3-13(4-6-14)33-21(24)25/h2-10,21,29H,1H3,(H,28,31)(H,26,27,30). The van der Waals surface area contributed by atoms with Crippen molar-refractivity contribution in [2.45, 2.75) is 18.4 Å². The first-order valence-electron chi connectivity index (χ1n) is 9.40. The predicted molar refractivity (Wildman–Crippen MR) is 116 cm³/mol. The molecule has 178 valence electrons. The van der Waals surface area contributed by atoms with E-state index in [9.17, 15) is 31.7 Å². The van der Waals surface area contributed by atoms with Crippen LogP contribution in [0.1, 0.15) is 17.3 Å². The molecule has 13 heteroatoms. The van der Waals surface area contributed by atoms with E-state index in [-0.39, 0.29) is 33.6 Å². The van der Waals surface area contributed by atoms with E-state index in [0.717, 1.165) is 30.5 Å². The van der Waals surface area contributed by atoms with Gasteiger partial charge in [0.25, 0.3) is 5.91 Å². The van der Waals surface area contributed by atoms with E-state index in [4.69, 9.17) is 0 Å². The molecule has 0 saturated carbocycles. The number of nitrogens with zero attached hydrogens (tertiary/aromatic N) is 1. The Balaban J connectivity index is 1.74. The lowest BCUT2D eigenvalue weighted by Crippen LogP contribution is -2.18. The van der Waals surface area contributed by atoms with Gasteiger partial charge < -0.3 is 19.9 Å². The summed E-state index contributed by atoms with van der Waals surface area (Å²) in [6.07, 6.45) is 1.11. The Morgan fingerprint density at radius 1 is 1.03 bits per heavy atom. The number of halogens is 4. The number of hydrogen-bond donors (Lipinski definition) is 3. The van der Waals surface area contributed by atoms with Gasteiger partial charge in [-0.1, -0.05) is 0 Å². The number of ether oxygens (including phenoxy) is 1. The number of benzene rings is 2. The fraction of sp³-hybridized carbons (Fsp3) is 0.0952. The third kappa shape index (κ3) is 6.36. The summed E-state index contributed by atoms with van der Waals surface area (Å²) in [6.45, 7) is -1.75. The van der Waals surface area contributed by atoms with Crippen LogP contribution in [0.2, 0.25) is 0 Å². The summed E-state index contributed by atoms with van der Waals surface area (Å²) >= 11 is -2.05. The molecule has 2 aromatic carbocycles. The van der Waals surface area contributed by atoms with Crippen molar-refractivity contribution in [1.29, 1.82) is 0 Å². The van der Waals surface area contributed by atoms with E-state index in [1.165, 1.54) is 31.2 Å². The van der Waals surface area contributed by atoms with Gasteiger partial charge in [-0.2, -0.15) is 8.78 Å². The molecule has 0 bridgehead atoms. The van der Waals surface area contributed by atoms with Crippen LogP contribution in [0.25, 0.3) is 0 Å². The van der Waals surface area contributed by atoms with Crippen LogP contribution >= 0.6 is 0 Å². The molecule has 3 N–H and O–H groups in total. The highest BCUT2D eigenvalue weighted by Gasteiger charge is 2.21. The summed E-state index contributed by atoms with van der Waals surface area (Å²) in [7, 11) is 0. The molecule has 1 atom stereocenters. The van der Waals surface area contributed by atoms with Crippen LogP contribution in [0.15, 0.2) is 59.6 Å². The van der Waals surface area contributed by atoms with Crippen molar-refractivity contribution < 1.29 is 36.4 Å². The van der Waals surface area contributed by atoms with Gasteiger partial charge in [0.2, 0.25) is 5.91 Å². The lowest BCUT2D eigenvalue weighted by molar-refractivity contribution is -0.114. The van der Waals surface area contributed by atoms with Crippen LogP contribution in [0.4, 0.5) is 34.8 Å². The van der Waals surface area contributed by atoms with Crippen molar-refractivity contribution >= 4 is 40.4 Å². The Bertz CT molecular complexity index is 1180. The van der Waals surface area contributed by atoms with Crippen LogP contribution in [0.3, 0.4) is 0 Å². The molecule has 0 aliphatic heterocycles. The molecule has 0 radical (unpaired) electrons. The topological polar surface area (TPSA) is 115 Å². The zero-order chi connectivity index (χ0) is 24.8. The molecule has 0 aliphatic rings. The molecule has 2 amide bonds. The van der Waals surface area contributed by atoms with Gasteiger partial charge in [-0.05, 0) is 48.5 Å². The van der Waals surface area contributed by atoms with Crippen molar-refractivity contribution in [2.75, 3.05) is 15.4 Å². The molecule has 3 rings (SSSR count).